The van der Waals surface area contributed by atoms with Crippen LogP contribution in [-0.4, -0.2) is 44.3 Å². The monoisotopic (exact) mass is 444 g/mol. The molecule has 0 heterocycles. The number of hydrogen-bond donors (Lipinski definition) is 4. The van der Waals surface area contributed by atoms with Gasteiger partial charge in [0.25, 0.3) is 0 Å². The molecule has 2 aromatic rings. The smallest absolute Gasteiger partial charge is 0.336 e. The zero-order valence-electron chi connectivity index (χ0n) is 18.1. The second-order valence-electron chi connectivity index (χ2n) is 7.11. The first kappa shape index (κ1) is 26.4. The number of carboxylic acids is 4. The molecule has 0 aliphatic heterocycles. The van der Waals surface area contributed by atoms with E-state index in [1.54, 1.807) is 24.3 Å². The van der Waals surface area contributed by atoms with Crippen LogP contribution in [0.2, 0.25) is 0 Å². The molecule has 172 valence electrons. The zero-order chi connectivity index (χ0) is 24.3. The van der Waals surface area contributed by atoms with Crippen LogP contribution in [0.1, 0.15) is 92.1 Å². The van der Waals surface area contributed by atoms with Crippen molar-refractivity contribution in [2.45, 2.75) is 52.4 Å². The summed E-state index contributed by atoms with van der Waals surface area (Å²) in [5, 5.41) is 35.9. The molecule has 0 amide bonds. The first-order valence-corrected chi connectivity index (χ1v) is 10.3. The zero-order valence-corrected chi connectivity index (χ0v) is 18.1. The lowest BCUT2D eigenvalue weighted by molar-refractivity contribution is 0.0650. The highest BCUT2D eigenvalue weighted by Crippen LogP contribution is 2.18. The van der Waals surface area contributed by atoms with Gasteiger partial charge < -0.3 is 20.4 Å². The van der Waals surface area contributed by atoms with Gasteiger partial charge in [0.15, 0.2) is 0 Å². The van der Waals surface area contributed by atoms with Crippen LogP contribution in [0, 0.1) is 0 Å². The van der Waals surface area contributed by atoms with E-state index in [1.165, 1.54) is 12.1 Å². The molecule has 0 aliphatic carbocycles. The fourth-order valence-electron chi connectivity index (χ4n) is 3.21. The molecule has 2 rings (SSSR count). The predicted octanol–water partition coefficient (Wildman–Crippen LogP) is 4.85. The van der Waals surface area contributed by atoms with Crippen molar-refractivity contribution in [1.29, 1.82) is 0 Å². The molecule has 0 aliphatic rings. The van der Waals surface area contributed by atoms with Crippen molar-refractivity contribution in [3.05, 3.63) is 69.8 Å². The predicted molar refractivity (Wildman–Crippen MR) is 118 cm³/mol. The van der Waals surface area contributed by atoms with Crippen LogP contribution < -0.4 is 0 Å². The Kier molecular flexibility index (Phi) is 10.6. The Balaban J connectivity index is 0.000000320. The van der Waals surface area contributed by atoms with Crippen molar-refractivity contribution in [2.24, 2.45) is 0 Å². The van der Waals surface area contributed by atoms with E-state index in [0.717, 1.165) is 25.7 Å². The molecule has 0 aromatic heterocycles. The molecule has 0 bridgehead atoms. The SMILES string of the molecule is CCCCc1cccc(C(=O)O)c1C(=O)O.CCCCc1cccc(C(=O)O)c1C(=O)O. The molecule has 0 saturated carbocycles. The third-order valence-corrected chi connectivity index (χ3v) is 4.79. The minimum absolute atomic E-state index is 0.0801. The van der Waals surface area contributed by atoms with Gasteiger partial charge in [-0.1, -0.05) is 51.0 Å². The maximum atomic E-state index is 11.0. The first-order valence-electron chi connectivity index (χ1n) is 10.3. The molecule has 4 N–H and O–H groups in total. The summed E-state index contributed by atoms with van der Waals surface area (Å²) in [6.07, 6.45) is 4.78. The fraction of sp³-hybridized carbons (Fsp3) is 0.333. The van der Waals surface area contributed by atoms with Gasteiger partial charge in [0.2, 0.25) is 0 Å². The highest BCUT2D eigenvalue weighted by molar-refractivity contribution is 6.03. The summed E-state index contributed by atoms with van der Waals surface area (Å²) in [5.41, 5.74) is 0.748. The summed E-state index contributed by atoms with van der Waals surface area (Å²) in [5.74, 6) is -4.75. The Morgan fingerprint density at radius 2 is 0.938 bits per heavy atom. The van der Waals surface area contributed by atoms with E-state index in [1.807, 2.05) is 13.8 Å². The quantitative estimate of drug-likeness (QED) is 0.406. The molecule has 32 heavy (non-hydrogen) atoms. The molecule has 8 heteroatoms. The van der Waals surface area contributed by atoms with Crippen molar-refractivity contribution in [1.82, 2.24) is 0 Å². The summed E-state index contributed by atoms with van der Waals surface area (Å²) < 4.78 is 0. The fourth-order valence-corrected chi connectivity index (χ4v) is 3.21. The number of unbranched alkanes of at least 4 members (excludes halogenated alkanes) is 2. The lowest BCUT2D eigenvalue weighted by atomic mass is 9.97. The molecule has 2 aromatic carbocycles. The Bertz CT molecular complexity index is 898. The third kappa shape index (κ3) is 7.23. The Morgan fingerprint density at radius 1 is 0.594 bits per heavy atom. The lowest BCUT2D eigenvalue weighted by Crippen LogP contribution is -2.11. The topological polar surface area (TPSA) is 149 Å². The van der Waals surface area contributed by atoms with Crippen LogP contribution in [0.25, 0.3) is 0 Å². The van der Waals surface area contributed by atoms with E-state index in [0.29, 0.717) is 24.0 Å². The van der Waals surface area contributed by atoms with E-state index in [2.05, 4.69) is 0 Å². The van der Waals surface area contributed by atoms with E-state index in [4.69, 9.17) is 20.4 Å². The van der Waals surface area contributed by atoms with E-state index in [9.17, 15) is 19.2 Å². The highest BCUT2D eigenvalue weighted by Gasteiger charge is 2.20. The number of aryl methyl sites for hydroxylation is 2. The molecule has 0 atom stereocenters. The summed E-state index contributed by atoms with van der Waals surface area (Å²) in [7, 11) is 0. The van der Waals surface area contributed by atoms with Crippen LogP contribution in [0.15, 0.2) is 36.4 Å². The molecular formula is C24H28O8. The van der Waals surface area contributed by atoms with Crippen LogP contribution in [-0.2, 0) is 12.8 Å². The summed E-state index contributed by atoms with van der Waals surface area (Å²) in [4.78, 5) is 43.9. The van der Waals surface area contributed by atoms with Gasteiger partial charge in [0, 0.05) is 0 Å². The number of rotatable bonds is 10. The first-order chi connectivity index (χ1) is 15.1. The average Bonchev–Trinajstić information content (AvgIpc) is 2.75. The van der Waals surface area contributed by atoms with Crippen molar-refractivity contribution in [3.63, 3.8) is 0 Å². The second-order valence-corrected chi connectivity index (χ2v) is 7.11. The van der Waals surface area contributed by atoms with Crippen LogP contribution in [0.5, 0.6) is 0 Å². The van der Waals surface area contributed by atoms with Crippen molar-refractivity contribution in [2.75, 3.05) is 0 Å². The van der Waals surface area contributed by atoms with Gasteiger partial charge in [-0.3, -0.25) is 0 Å². The molecule has 0 radical (unpaired) electrons. The van der Waals surface area contributed by atoms with Crippen molar-refractivity contribution < 1.29 is 39.6 Å². The molecular weight excluding hydrogens is 416 g/mol. The normalized spacial score (nSPS) is 10.1. The molecule has 8 nitrogen and oxygen atoms in total. The van der Waals surface area contributed by atoms with Gasteiger partial charge in [0.05, 0.1) is 22.3 Å². The number of aromatic carboxylic acids is 4. The standard InChI is InChI=1S/2C12H14O4/c2*1-2-3-5-8-6-4-7-9(11(13)14)10(8)12(15)16/h2*4,6-7H,2-3,5H2,1H3,(H,13,14)(H,15,16). The lowest BCUT2D eigenvalue weighted by Gasteiger charge is -2.08. The van der Waals surface area contributed by atoms with Gasteiger partial charge in [-0.05, 0) is 48.9 Å². The number of carboxylic acid groups (broad SMARTS) is 4. The largest absolute Gasteiger partial charge is 0.478 e. The number of hydrogen-bond acceptors (Lipinski definition) is 4. The highest BCUT2D eigenvalue weighted by atomic mass is 16.4. The summed E-state index contributed by atoms with van der Waals surface area (Å²) in [6, 6.07) is 9.15. The van der Waals surface area contributed by atoms with E-state index in [-0.39, 0.29) is 22.3 Å². The van der Waals surface area contributed by atoms with Gasteiger partial charge >= 0.3 is 23.9 Å². The molecule has 0 fully saturated rings. The van der Waals surface area contributed by atoms with Crippen molar-refractivity contribution in [3.8, 4) is 0 Å². The number of carbonyl (C=O) groups is 4. The minimum atomic E-state index is -1.20. The number of benzene rings is 2. The second kappa shape index (κ2) is 12.9. The molecule has 0 unspecified atom stereocenters. The molecule has 0 spiro atoms. The Labute approximate surface area is 186 Å². The summed E-state index contributed by atoms with van der Waals surface area (Å²) >= 11 is 0. The van der Waals surface area contributed by atoms with Crippen LogP contribution >= 0.6 is 0 Å². The van der Waals surface area contributed by atoms with Crippen molar-refractivity contribution >= 4 is 23.9 Å². The Morgan fingerprint density at radius 3 is 1.19 bits per heavy atom. The summed E-state index contributed by atoms with van der Waals surface area (Å²) in [6.45, 7) is 4.00. The maximum Gasteiger partial charge on any atom is 0.336 e. The minimum Gasteiger partial charge on any atom is -0.478 e. The van der Waals surface area contributed by atoms with Crippen LogP contribution in [0.4, 0.5) is 0 Å². The van der Waals surface area contributed by atoms with E-state index < -0.39 is 23.9 Å². The third-order valence-electron chi connectivity index (χ3n) is 4.79. The van der Waals surface area contributed by atoms with Gasteiger partial charge in [-0.15, -0.1) is 0 Å². The molecule has 0 saturated heterocycles. The average molecular weight is 444 g/mol. The van der Waals surface area contributed by atoms with Gasteiger partial charge in [0.1, 0.15) is 0 Å². The maximum absolute atomic E-state index is 11.0. The van der Waals surface area contributed by atoms with Gasteiger partial charge in [-0.2, -0.15) is 0 Å². The van der Waals surface area contributed by atoms with Crippen LogP contribution in [0.3, 0.4) is 0 Å². The Hall–Kier alpha value is -3.68. The van der Waals surface area contributed by atoms with E-state index >= 15 is 0 Å². The van der Waals surface area contributed by atoms with Gasteiger partial charge in [-0.25, -0.2) is 19.2 Å².